The van der Waals surface area contributed by atoms with E-state index in [1.807, 2.05) is 48.5 Å². The number of likely N-dealkylation sites (tertiary alicyclic amines) is 1. The number of benzene rings is 3. The number of rotatable bonds is 8. The number of methoxy groups -OCH3 is 1. The van der Waals surface area contributed by atoms with Crippen LogP contribution in [0.2, 0.25) is 0 Å². The summed E-state index contributed by atoms with van der Waals surface area (Å²) in [4.78, 5) is 14.9. The Morgan fingerprint density at radius 2 is 1.77 bits per heavy atom. The van der Waals surface area contributed by atoms with Crippen LogP contribution in [0.15, 0.2) is 66.7 Å². The molecular formula is C25H28N2O3. The van der Waals surface area contributed by atoms with E-state index in [0.29, 0.717) is 12.3 Å². The van der Waals surface area contributed by atoms with E-state index < -0.39 is 0 Å². The maximum absolute atomic E-state index is 12.5. The molecule has 4 rings (SSSR count). The highest BCUT2D eigenvalue weighted by Crippen LogP contribution is 2.27. The number of fused-ring (bicyclic) bond motifs is 1. The topological polar surface area (TPSA) is 50.8 Å². The highest BCUT2D eigenvalue weighted by Gasteiger charge is 2.24. The van der Waals surface area contributed by atoms with E-state index >= 15 is 0 Å². The quantitative estimate of drug-likeness (QED) is 0.612. The lowest BCUT2D eigenvalue weighted by Gasteiger charge is -2.28. The van der Waals surface area contributed by atoms with Crippen molar-refractivity contribution in [3.8, 4) is 11.5 Å². The smallest absolute Gasteiger partial charge is 0.258 e. The van der Waals surface area contributed by atoms with Crippen LogP contribution in [-0.2, 0) is 4.79 Å². The molecule has 1 saturated heterocycles. The number of nitrogens with zero attached hydrogens (tertiary/aromatic N) is 1. The third kappa shape index (κ3) is 4.92. The van der Waals surface area contributed by atoms with Gasteiger partial charge in [-0.3, -0.25) is 9.69 Å². The normalized spacial score (nSPS) is 15.1. The maximum Gasteiger partial charge on any atom is 0.258 e. The van der Waals surface area contributed by atoms with Crippen molar-refractivity contribution in [1.82, 2.24) is 10.2 Å². The molecule has 1 aliphatic rings. The Morgan fingerprint density at radius 3 is 2.57 bits per heavy atom. The van der Waals surface area contributed by atoms with Gasteiger partial charge in [0, 0.05) is 6.54 Å². The van der Waals surface area contributed by atoms with Crippen molar-refractivity contribution in [1.29, 1.82) is 0 Å². The monoisotopic (exact) mass is 404 g/mol. The Balaban J connectivity index is 1.36. The Morgan fingerprint density at radius 1 is 0.967 bits per heavy atom. The van der Waals surface area contributed by atoms with Gasteiger partial charge in [-0.15, -0.1) is 0 Å². The lowest BCUT2D eigenvalue weighted by molar-refractivity contribution is -0.123. The zero-order valence-electron chi connectivity index (χ0n) is 17.3. The number of carbonyl (C=O) groups excluding carboxylic acids is 1. The van der Waals surface area contributed by atoms with Crippen LogP contribution in [-0.4, -0.2) is 44.2 Å². The molecule has 1 fully saturated rings. The number of carbonyl (C=O) groups is 1. The molecule has 156 valence electrons. The molecule has 1 atom stereocenters. The highest BCUT2D eigenvalue weighted by molar-refractivity contribution is 5.84. The van der Waals surface area contributed by atoms with Gasteiger partial charge in [-0.2, -0.15) is 0 Å². The molecule has 1 unspecified atom stereocenters. The molecule has 0 aliphatic carbocycles. The number of nitrogens with one attached hydrogen (secondary N) is 1. The van der Waals surface area contributed by atoms with Crippen LogP contribution in [0.4, 0.5) is 0 Å². The van der Waals surface area contributed by atoms with Gasteiger partial charge in [0.15, 0.2) is 6.61 Å². The molecule has 1 amide bonds. The Labute approximate surface area is 177 Å². The molecule has 1 heterocycles. The molecule has 1 aliphatic heterocycles. The molecule has 0 aromatic heterocycles. The number of hydrogen-bond donors (Lipinski definition) is 1. The van der Waals surface area contributed by atoms with Crippen molar-refractivity contribution in [2.24, 2.45) is 0 Å². The number of ether oxygens (including phenoxy) is 2. The van der Waals surface area contributed by atoms with Crippen LogP contribution in [0.5, 0.6) is 11.5 Å². The first kappa shape index (κ1) is 20.2. The minimum absolute atomic E-state index is 0.00315. The van der Waals surface area contributed by atoms with Crippen LogP contribution >= 0.6 is 0 Å². The zero-order chi connectivity index (χ0) is 20.8. The van der Waals surface area contributed by atoms with E-state index in [-0.39, 0.29) is 18.6 Å². The molecule has 5 heteroatoms. The first-order valence-corrected chi connectivity index (χ1v) is 10.5. The lowest BCUT2D eigenvalue weighted by atomic mass is 10.0. The minimum atomic E-state index is -0.116. The second-order valence-corrected chi connectivity index (χ2v) is 7.64. The van der Waals surface area contributed by atoms with Crippen LogP contribution in [0.3, 0.4) is 0 Å². The largest absolute Gasteiger partial charge is 0.497 e. The molecular weight excluding hydrogens is 376 g/mol. The third-order valence-electron chi connectivity index (χ3n) is 5.64. The Bertz CT molecular complexity index is 998. The van der Waals surface area contributed by atoms with E-state index in [9.17, 15) is 4.79 Å². The Hall–Kier alpha value is -3.05. The van der Waals surface area contributed by atoms with Crippen LogP contribution in [0, 0.1) is 0 Å². The second-order valence-electron chi connectivity index (χ2n) is 7.64. The van der Waals surface area contributed by atoms with Gasteiger partial charge in [0.25, 0.3) is 5.91 Å². The fourth-order valence-corrected chi connectivity index (χ4v) is 4.03. The molecule has 3 aromatic carbocycles. The van der Waals surface area contributed by atoms with E-state index in [1.54, 1.807) is 7.11 Å². The van der Waals surface area contributed by atoms with E-state index in [4.69, 9.17) is 9.47 Å². The zero-order valence-corrected chi connectivity index (χ0v) is 17.3. The summed E-state index contributed by atoms with van der Waals surface area (Å²) in [6.07, 6.45) is 2.39. The number of hydrogen-bond acceptors (Lipinski definition) is 4. The standard InChI is InChI=1S/C25H28N2O3/c1-29-22-10-6-9-21(16-22)24(27-13-4-5-14-27)17-26-25(28)18-30-23-12-11-19-7-2-3-8-20(19)15-23/h2-3,6-12,15-16,24H,4-5,13-14,17-18H2,1H3,(H,26,28). The van der Waals surface area contributed by atoms with Crippen LogP contribution in [0.1, 0.15) is 24.4 Å². The van der Waals surface area contributed by atoms with Gasteiger partial charge in [-0.05, 0) is 66.5 Å². The first-order chi connectivity index (χ1) is 14.7. The van der Waals surface area contributed by atoms with Gasteiger partial charge in [0.2, 0.25) is 0 Å². The highest BCUT2D eigenvalue weighted by atomic mass is 16.5. The summed E-state index contributed by atoms with van der Waals surface area (Å²) < 4.78 is 11.1. The third-order valence-corrected chi connectivity index (χ3v) is 5.64. The SMILES string of the molecule is COc1cccc(C(CNC(=O)COc2ccc3ccccc3c2)N2CCCC2)c1. The molecule has 30 heavy (non-hydrogen) atoms. The fraction of sp³-hybridized carbons (Fsp3) is 0.320. The van der Waals surface area contributed by atoms with E-state index in [2.05, 4.69) is 28.4 Å². The van der Waals surface area contributed by atoms with Crippen LogP contribution < -0.4 is 14.8 Å². The first-order valence-electron chi connectivity index (χ1n) is 10.5. The van der Waals surface area contributed by atoms with Crippen molar-refractivity contribution in [3.05, 3.63) is 72.3 Å². The van der Waals surface area contributed by atoms with Gasteiger partial charge in [0.05, 0.1) is 13.2 Å². The molecule has 3 aromatic rings. The predicted molar refractivity (Wildman–Crippen MR) is 119 cm³/mol. The Kier molecular flexibility index (Phi) is 6.50. The maximum atomic E-state index is 12.5. The summed E-state index contributed by atoms with van der Waals surface area (Å²) in [7, 11) is 1.68. The van der Waals surface area contributed by atoms with Gasteiger partial charge in [-0.25, -0.2) is 0 Å². The van der Waals surface area contributed by atoms with Crippen molar-refractivity contribution in [3.63, 3.8) is 0 Å². The molecule has 0 bridgehead atoms. The summed E-state index contributed by atoms with van der Waals surface area (Å²) >= 11 is 0. The van der Waals surface area contributed by atoms with Crippen molar-refractivity contribution >= 4 is 16.7 Å². The molecule has 0 spiro atoms. The summed E-state index contributed by atoms with van der Waals surface area (Å²) in [5, 5.41) is 5.31. The van der Waals surface area contributed by atoms with E-state index in [1.165, 1.54) is 12.8 Å². The van der Waals surface area contributed by atoms with Gasteiger partial charge in [0.1, 0.15) is 11.5 Å². The second kappa shape index (κ2) is 9.63. The van der Waals surface area contributed by atoms with E-state index in [0.717, 1.165) is 35.2 Å². The average Bonchev–Trinajstić information content (AvgIpc) is 3.32. The van der Waals surface area contributed by atoms with Crippen molar-refractivity contribution in [2.45, 2.75) is 18.9 Å². The van der Waals surface area contributed by atoms with Crippen LogP contribution in [0.25, 0.3) is 10.8 Å². The van der Waals surface area contributed by atoms with Gasteiger partial charge < -0.3 is 14.8 Å². The molecule has 0 radical (unpaired) electrons. The fourth-order valence-electron chi connectivity index (χ4n) is 4.03. The number of amides is 1. The average molecular weight is 405 g/mol. The van der Waals surface area contributed by atoms with Crippen molar-refractivity contribution in [2.75, 3.05) is 33.4 Å². The summed E-state index contributed by atoms with van der Waals surface area (Å²) in [6, 6.07) is 22.2. The lowest BCUT2D eigenvalue weighted by Crippen LogP contribution is -2.38. The summed E-state index contributed by atoms with van der Waals surface area (Å²) in [5.74, 6) is 1.42. The predicted octanol–water partition coefficient (Wildman–Crippen LogP) is 4.18. The molecule has 1 N–H and O–H groups in total. The van der Waals surface area contributed by atoms with Crippen molar-refractivity contribution < 1.29 is 14.3 Å². The summed E-state index contributed by atoms with van der Waals surface area (Å²) in [5.41, 5.74) is 1.16. The molecule has 5 nitrogen and oxygen atoms in total. The van der Waals surface area contributed by atoms with Gasteiger partial charge >= 0.3 is 0 Å². The minimum Gasteiger partial charge on any atom is -0.497 e. The van der Waals surface area contributed by atoms with Gasteiger partial charge in [-0.1, -0.05) is 42.5 Å². The summed E-state index contributed by atoms with van der Waals surface area (Å²) in [6.45, 7) is 2.65. The molecule has 0 saturated carbocycles.